The van der Waals surface area contributed by atoms with Gasteiger partial charge < -0.3 is 5.73 Å². The maximum atomic E-state index is 12.4. The number of benzene rings is 2. The standard InChI is InChI=1S/C16H15N3O/c1-11-3-2-4-12(7-11)9-19-10-18-15-6-5-13(17)8-14(15)16(19)20/h2-8,10H,9,17H2,1H3. The molecule has 0 unspecified atom stereocenters. The molecule has 0 spiro atoms. The molecule has 0 atom stereocenters. The number of hydrogen-bond acceptors (Lipinski definition) is 3. The minimum absolute atomic E-state index is 0.0659. The average Bonchev–Trinajstić information content (AvgIpc) is 2.43. The molecule has 0 aliphatic rings. The van der Waals surface area contributed by atoms with Crippen molar-refractivity contribution in [2.24, 2.45) is 0 Å². The summed E-state index contributed by atoms with van der Waals surface area (Å²) in [4.78, 5) is 16.7. The third-order valence-corrected chi connectivity index (χ3v) is 3.28. The topological polar surface area (TPSA) is 60.9 Å². The summed E-state index contributed by atoms with van der Waals surface area (Å²) >= 11 is 0. The van der Waals surface area contributed by atoms with Crippen LogP contribution in [-0.4, -0.2) is 9.55 Å². The van der Waals surface area contributed by atoms with Gasteiger partial charge in [-0.15, -0.1) is 0 Å². The highest BCUT2D eigenvalue weighted by atomic mass is 16.1. The number of nitrogens with zero attached hydrogens (tertiary/aromatic N) is 2. The molecule has 0 aliphatic carbocycles. The van der Waals surface area contributed by atoms with Crippen LogP contribution in [0, 0.1) is 6.92 Å². The van der Waals surface area contributed by atoms with Crippen LogP contribution in [0.3, 0.4) is 0 Å². The van der Waals surface area contributed by atoms with Crippen LogP contribution in [0.1, 0.15) is 11.1 Å². The smallest absolute Gasteiger partial charge is 0.261 e. The van der Waals surface area contributed by atoms with E-state index in [-0.39, 0.29) is 5.56 Å². The maximum absolute atomic E-state index is 12.4. The second kappa shape index (κ2) is 4.81. The molecule has 2 aromatic carbocycles. The van der Waals surface area contributed by atoms with Crippen molar-refractivity contribution in [1.82, 2.24) is 9.55 Å². The number of nitrogen functional groups attached to an aromatic ring is 1. The van der Waals surface area contributed by atoms with Gasteiger partial charge in [-0.2, -0.15) is 0 Å². The predicted octanol–water partition coefficient (Wildman–Crippen LogP) is 2.34. The number of hydrogen-bond donors (Lipinski definition) is 1. The summed E-state index contributed by atoms with van der Waals surface area (Å²) in [6, 6.07) is 13.3. The molecule has 2 N–H and O–H groups in total. The first kappa shape index (κ1) is 12.4. The summed E-state index contributed by atoms with van der Waals surface area (Å²) in [6.07, 6.45) is 1.59. The van der Waals surface area contributed by atoms with E-state index in [4.69, 9.17) is 5.73 Å². The van der Waals surface area contributed by atoms with Gasteiger partial charge in [-0.25, -0.2) is 4.98 Å². The van der Waals surface area contributed by atoms with Crippen molar-refractivity contribution in [3.63, 3.8) is 0 Å². The largest absolute Gasteiger partial charge is 0.399 e. The maximum Gasteiger partial charge on any atom is 0.261 e. The number of fused-ring (bicyclic) bond motifs is 1. The van der Waals surface area contributed by atoms with E-state index in [0.717, 1.165) is 5.56 Å². The Morgan fingerprint density at radius 2 is 2.05 bits per heavy atom. The molecule has 0 saturated carbocycles. The summed E-state index contributed by atoms with van der Waals surface area (Å²) in [6.45, 7) is 2.55. The number of rotatable bonds is 2. The van der Waals surface area contributed by atoms with Crippen molar-refractivity contribution in [1.29, 1.82) is 0 Å². The highest BCUT2D eigenvalue weighted by molar-refractivity contribution is 5.80. The van der Waals surface area contributed by atoms with Crippen LogP contribution < -0.4 is 11.3 Å². The van der Waals surface area contributed by atoms with Gasteiger partial charge in [0.2, 0.25) is 0 Å². The second-order valence-corrected chi connectivity index (χ2v) is 4.94. The van der Waals surface area contributed by atoms with Crippen molar-refractivity contribution in [2.45, 2.75) is 13.5 Å². The number of aromatic nitrogens is 2. The minimum Gasteiger partial charge on any atom is -0.399 e. The molecular formula is C16H15N3O. The Bertz CT molecular complexity index is 836. The third kappa shape index (κ3) is 2.28. The van der Waals surface area contributed by atoms with E-state index in [9.17, 15) is 4.79 Å². The summed E-state index contributed by atoms with van der Waals surface area (Å²) in [7, 11) is 0. The van der Waals surface area contributed by atoms with E-state index < -0.39 is 0 Å². The van der Waals surface area contributed by atoms with Crippen LogP contribution in [-0.2, 0) is 6.54 Å². The molecule has 1 heterocycles. The Hall–Kier alpha value is -2.62. The van der Waals surface area contributed by atoms with Crippen LogP contribution >= 0.6 is 0 Å². The lowest BCUT2D eigenvalue weighted by atomic mass is 10.1. The molecular weight excluding hydrogens is 250 g/mol. The normalized spacial score (nSPS) is 10.8. The summed E-state index contributed by atoms with van der Waals surface area (Å²) in [5.41, 5.74) is 9.17. The predicted molar refractivity (Wildman–Crippen MR) is 80.7 cm³/mol. The zero-order chi connectivity index (χ0) is 14.1. The fraction of sp³-hybridized carbons (Fsp3) is 0.125. The lowest BCUT2D eigenvalue weighted by molar-refractivity contribution is 0.748. The van der Waals surface area contributed by atoms with Gasteiger partial charge in [-0.1, -0.05) is 29.8 Å². The van der Waals surface area contributed by atoms with Crippen LogP contribution in [0.5, 0.6) is 0 Å². The monoisotopic (exact) mass is 265 g/mol. The Balaban J connectivity index is 2.08. The summed E-state index contributed by atoms with van der Waals surface area (Å²) in [5, 5.41) is 0.556. The van der Waals surface area contributed by atoms with Crippen molar-refractivity contribution in [2.75, 3.05) is 5.73 Å². The molecule has 3 rings (SSSR count). The molecule has 3 aromatic rings. The van der Waals surface area contributed by atoms with Crippen molar-refractivity contribution in [3.8, 4) is 0 Å². The van der Waals surface area contributed by atoms with Gasteiger partial charge in [0.05, 0.1) is 23.8 Å². The van der Waals surface area contributed by atoms with Crippen molar-refractivity contribution < 1.29 is 0 Å². The first-order valence-corrected chi connectivity index (χ1v) is 6.44. The Morgan fingerprint density at radius 1 is 1.20 bits per heavy atom. The molecule has 4 heteroatoms. The number of nitrogens with two attached hydrogens (primary N) is 1. The second-order valence-electron chi connectivity index (χ2n) is 4.94. The van der Waals surface area contributed by atoms with E-state index in [1.54, 1.807) is 29.1 Å². The summed E-state index contributed by atoms with van der Waals surface area (Å²) in [5.74, 6) is 0. The molecule has 0 radical (unpaired) electrons. The molecule has 0 saturated heterocycles. The number of aryl methyl sites for hydroxylation is 1. The molecule has 0 bridgehead atoms. The van der Waals surface area contributed by atoms with Gasteiger partial charge in [0, 0.05) is 5.69 Å². The molecule has 100 valence electrons. The summed E-state index contributed by atoms with van der Waals surface area (Å²) < 4.78 is 1.61. The van der Waals surface area contributed by atoms with E-state index >= 15 is 0 Å². The van der Waals surface area contributed by atoms with Gasteiger partial charge in [-0.3, -0.25) is 9.36 Å². The van der Waals surface area contributed by atoms with E-state index in [0.29, 0.717) is 23.1 Å². The van der Waals surface area contributed by atoms with Crippen molar-refractivity contribution >= 4 is 16.6 Å². The Morgan fingerprint density at radius 3 is 2.85 bits per heavy atom. The van der Waals surface area contributed by atoms with Crippen LogP contribution in [0.4, 0.5) is 5.69 Å². The molecule has 0 fully saturated rings. The number of anilines is 1. The van der Waals surface area contributed by atoms with Gasteiger partial charge in [-0.05, 0) is 30.7 Å². The first-order chi connectivity index (χ1) is 9.63. The van der Waals surface area contributed by atoms with Gasteiger partial charge in [0.15, 0.2) is 0 Å². The fourth-order valence-corrected chi connectivity index (χ4v) is 2.30. The van der Waals surface area contributed by atoms with Crippen LogP contribution in [0.2, 0.25) is 0 Å². The Labute approximate surface area is 116 Å². The lowest BCUT2D eigenvalue weighted by Gasteiger charge is -2.07. The fourth-order valence-electron chi connectivity index (χ4n) is 2.30. The molecule has 4 nitrogen and oxygen atoms in total. The van der Waals surface area contributed by atoms with E-state index in [2.05, 4.69) is 11.1 Å². The van der Waals surface area contributed by atoms with Crippen molar-refractivity contribution in [3.05, 3.63) is 70.3 Å². The van der Waals surface area contributed by atoms with E-state index in [1.807, 2.05) is 25.1 Å². The lowest BCUT2D eigenvalue weighted by Crippen LogP contribution is -2.21. The molecule has 0 aliphatic heterocycles. The third-order valence-electron chi connectivity index (χ3n) is 3.28. The Kier molecular flexibility index (Phi) is 2.99. The zero-order valence-electron chi connectivity index (χ0n) is 11.2. The average molecular weight is 265 g/mol. The molecule has 20 heavy (non-hydrogen) atoms. The first-order valence-electron chi connectivity index (χ1n) is 6.44. The molecule has 0 amide bonds. The molecule has 1 aromatic heterocycles. The van der Waals surface area contributed by atoms with E-state index in [1.165, 1.54) is 5.56 Å². The quantitative estimate of drug-likeness (QED) is 0.723. The SMILES string of the molecule is Cc1cccc(Cn2cnc3ccc(N)cc3c2=O)c1. The van der Waals surface area contributed by atoms with Crippen LogP contribution in [0.25, 0.3) is 10.9 Å². The minimum atomic E-state index is -0.0659. The highest BCUT2D eigenvalue weighted by Gasteiger charge is 2.05. The van der Waals surface area contributed by atoms with Crippen LogP contribution in [0.15, 0.2) is 53.6 Å². The highest BCUT2D eigenvalue weighted by Crippen LogP contribution is 2.12. The zero-order valence-corrected chi connectivity index (χ0v) is 11.2. The van der Waals surface area contributed by atoms with Gasteiger partial charge in [0.25, 0.3) is 5.56 Å². The van der Waals surface area contributed by atoms with Gasteiger partial charge in [0.1, 0.15) is 0 Å². The van der Waals surface area contributed by atoms with Gasteiger partial charge >= 0.3 is 0 Å².